The van der Waals surface area contributed by atoms with Gasteiger partial charge in [0.15, 0.2) is 0 Å². The molecule has 0 saturated heterocycles. The summed E-state index contributed by atoms with van der Waals surface area (Å²) in [4.78, 5) is 5.01. The molecule has 0 radical (unpaired) electrons. The molecule has 142 valence electrons. The number of nitrogens with zero attached hydrogens (tertiary/aromatic N) is 2. The van der Waals surface area contributed by atoms with Crippen molar-refractivity contribution >= 4 is 21.8 Å². The Morgan fingerprint density at radius 3 is 2.54 bits per heavy atom. The zero-order valence-corrected chi connectivity index (χ0v) is 16.2. The van der Waals surface area contributed by atoms with E-state index in [1.807, 2.05) is 0 Å². The molecule has 3 nitrogen and oxygen atoms in total. The van der Waals surface area contributed by atoms with Gasteiger partial charge in [-0.1, -0.05) is 61.7 Å². The summed E-state index contributed by atoms with van der Waals surface area (Å²) in [5.41, 5.74) is 2.33. The Bertz CT molecular complexity index is 1090. The van der Waals surface area contributed by atoms with Gasteiger partial charge in [-0.05, 0) is 47.9 Å². The van der Waals surface area contributed by atoms with Crippen LogP contribution >= 0.6 is 0 Å². The van der Waals surface area contributed by atoms with Gasteiger partial charge < -0.3 is 9.30 Å². The van der Waals surface area contributed by atoms with Gasteiger partial charge in [0.05, 0.1) is 17.6 Å². The van der Waals surface area contributed by atoms with Crippen LogP contribution in [-0.4, -0.2) is 16.2 Å². The fourth-order valence-electron chi connectivity index (χ4n) is 4.51. The fourth-order valence-corrected chi connectivity index (χ4v) is 4.51. The zero-order chi connectivity index (χ0) is 18.8. The van der Waals surface area contributed by atoms with Crippen LogP contribution in [0.1, 0.15) is 43.8 Å². The molecule has 28 heavy (non-hydrogen) atoms. The molecule has 1 saturated carbocycles. The van der Waals surface area contributed by atoms with Crippen molar-refractivity contribution < 1.29 is 4.74 Å². The van der Waals surface area contributed by atoms with Crippen LogP contribution in [0.4, 0.5) is 0 Å². The first-order valence-corrected chi connectivity index (χ1v) is 10.5. The molecule has 0 aliphatic heterocycles. The predicted molar refractivity (Wildman–Crippen MR) is 115 cm³/mol. The van der Waals surface area contributed by atoms with Crippen LogP contribution in [0.3, 0.4) is 0 Å². The van der Waals surface area contributed by atoms with E-state index in [-0.39, 0.29) is 0 Å². The topological polar surface area (TPSA) is 27.1 Å². The van der Waals surface area contributed by atoms with Crippen LogP contribution < -0.4 is 4.74 Å². The van der Waals surface area contributed by atoms with Crippen molar-refractivity contribution in [1.29, 1.82) is 0 Å². The molecule has 0 N–H and O–H groups in total. The summed E-state index contributed by atoms with van der Waals surface area (Å²) >= 11 is 0. The second kappa shape index (κ2) is 7.67. The number of benzene rings is 3. The lowest BCUT2D eigenvalue weighted by Crippen LogP contribution is -2.15. The maximum Gasteiger partial charge on any atom is 0.120 e. The van der Waals surface area contributed by atoms with Gasteiger partial charge >= 0.3 is 0 Å². The second-order valence-corrected chi connectivity index (χ2v) is 7.80. The van der Waals surface area contributed by atoms with Gasteiger partial charge in [-0.25, -0.2) is 4.98 Å². The minimum Gasteiger partial charge on any atom is -0.492 e. The van der Waals surface area contributed by atoms with Crippen molar-refractivity contribution in [2.24, 2.45) is 0 Å². The Balaban J connectivity index is 1.37. The zero-order valence-electron chi connectivity index (χ0n) is 16.2. The van der Waals surface area contributed by atoms with Crippen molar-refractivity contribution in [2.75, 3.05) is 6.61 Å². The van der Waals surface area contributed by atoms with Crippen molar-refractivity contribution in [1.82, 2.24) is 9.55 Å². The SMILES string of the molecule is c1ccc2cc(OCCn3c(C4CCCCC4)nc4ccccc43)ccc2c1. The molecule has 0 amide bonds. The summed E-state index contributed by atoms with van der Waals surface area (Å²) in [5.74, 6) is 2.77. The smallest absolute Gasteiger partial charge is 0.120 e. The normalized spacial score (nSPS) is 15.3. The second-order valence-electron chi connectivity index (χ2n) is 7.80. The lowest BCUT2D eigenvalue weighted by molar-refractivity contribution is 0.295. The van der Waals surface area contributed by atoms with Crippen LogP contribution in [0, 0.1) is 0 Å². The highest BCUT2D eigenvalue weighted by atomic mass is 16.5. The van der Waals surface area contributed by atoms with Gasteiger partial charge in [0, 0.05) is 5.92 Å². The number of fused-ring (bicyclic) bond motifs is 2. The molecule has 1 fully saturated rings. The average Bonchev–Trinajstić information content (AvgIpc) is 3.13. The summed E-state index contributed by atoms with van der Waals surface area (Å²) < 4.78 is 8.53. The molecule has 5 rings (SSSR count). The molecule has 0 bridgehead atoms. The summed E-state index contributed by atoms with van der Waals surface area (Å²) in [6.45, 7) is 1.48. The first-order valence-electron chi connectivity index (χ1n) is 10.5. The molecule has 1 aliphatic carbocycles. The van der Waals surface area contributed by atoms with E-state index < -0.39 is 0 Å². The lowest BCUT2D eigenvalue weighted by Gasteiger charge is -2.22. The third-order valence-corrected chi connectivity index (χ3v) is 5.96. The third-order valence-electron chi connectivity index (χ3n) is 5.96. The Morgan fingerprint density at radius 1 is 0.857 bits per heavy atom. The Morgan fingerprint density at radius 2 is 1.64 bits per heavy atom. The van der Waals surface area contributed by atoms with Crippen LogP contribution in [0.5, 0.6) is 5.75 Å². The summed E-state index contributed by atoms with van der Waals surface area (Å²) in [6.07, 6.45) is 6.52. The minimum absolute atomic E-state index is 0.585. The summed E-state index contributed by atoms with van der Waals surface area (Å²) in [5, 5.41) is 2.46. The Hall–Kier alpha value is -2.81. The first-order chi connectivity index (χ1) is 13.9. The first kappa shape index (κ1) is 17.3. The number of para-hydroxylation sites is 2. The average molecular weight is 370 g/mol. The number of imidazole rings is 1. The number of rotatable bonds is 5. The van der Waals surface area contributed by atoms with Crippen molar-refractivity contribution in [3.8, 4) is 5.75 Å². The highest BCUT2D eigenvalue weighted by Gasteiger charge is 2.22. The number of hydrogen-bond acceptors (Lipinski definition) is 2. The van der Waals surface area contributed by atoms with Gasteiger partial charge in [-0.2, -0.15) is 0 Å². The van der Waals surface area contributed by atoms with E-state index in [0.717, 1.165) is 17.8 Å². The van der Waals surface area contributed by atoms with E-state index >= 15 is 0 Å². The highest BCUT2D eigenvalue weighted by molar-refractivity contribution is 5.83. The molecule has 3 aromatic carbocycles. The molecule has 4 aromatic rings. The Labute approximate surface area is 166 Å². The van der Waals surface area contributed by atoms with Gasteiger partial charge in [0.2, 0.25) is 0 Å². The molecule has 1 heterocycles. The largest absolute Gasteiger partial charge is 0.492 e. The molecule has 3 heteroatoms. The predicted octanol–water partition coefficient (Wildman–Crippen LogP) is 6.32. The van der Waals surface area contributed by atoms with E-state index in [0.29, 0.717) is 12.5 Å². The van der Waals surface area contributed by atoms with Crippen molar-refractivity contribution in [2.45, 2.75) is 44.6 Å². The molecule has 1 aromatic heterocycles. The maximum absolute atomic E-state index is 6.13. The van der Waals surface area contributed by atoms with Crippen LogP contribution in [0.2, 0.25) is 0 Å². The highest BCUT2D eigenvalue weighted by Crippen LogP contribution is 2.34. The monoisotopic (exact) mass is 370 g/mol. The van der Waals surface area contributed by atoms with Crippen molar-refractivity contribution in [3.63, 3.8) is 0 Å². The minimum atomic E-state index is 0.585. The van der Waals surface area contributed by atoms with Crippen LogP contribution in [0.25, 0.3) is 21.8 Å². The molecule has 0 unspecified atom stereocenters. The quantitative estimate of drug-likeness (QED) is 0.411. The van der Waals surface area contributed by atoms with Gasteiger partial charge in [-0.15, -0.1) is 0 Å². The van der Waals surface area contributed by atoms with Crippen LogP contribution in [-0.2, 0) is 6.54 Å². The Kier molecular flexibility index (Phi) is 4.74. The lowest BCUT2D eigenvalue weighted by atomic mass is 9.88. The molecule has 1 aliphatic rings. The van der Waals surface area contributed by atoms with E-state index in [1.165, 1.54) is 54.2 Å². The maximum atomic E-state index is 6.13. The third kappa shape index (κ3) is 3.37. The standard InChI is InChI=1S/C25H26N2O/c1-2-9-20(10-3-1)25-26-23-12-6-7-13-24(23)27(25)16-17-28-22-15-14-19-8-4-5-11-21(19)18-22/h4-8,11-15,18,20H,1-3,9-10,16-17H2. The molecular formula is C25H26N2O. The number of ether oxygens (including phenoxy) is 1. The van der Waals surface area contributed by atoms with E-state index in [1.54, 1.807) is 0 Å². The fraction of sp³-hybridized carbons (Fsp3) is 0.320. The summed E-state index contributed by atoms with van der Waals surface area (Å²) in [7, 11) is 0. The molecule has 0 atom stereocenters. The number of aromatic nitrogens is 2. The van der Waals surface area contributed by atoms with Gasteiger partial charge in [0.25, 0.3) is 0 Å². The number of hydrogen-bond donors (Lipinski definition) is 0. The van der Waals surface area contributed by atoms with Crippen molar-refractivity contribution in [3.05, 3.63) is 72.6 Å². The molecular weight excluding hydrogens is 344 g/mol. The van der Waals surface area contributed by atoms with Crippen LogP contribution in [0.15, 0.2) is 66.7 Å². The van der Waals surface area contributed by atoms with E-state index in [2.05, 4.69) is 71.3 Å². The van der Waals surface area contributed by atoms with E-state index in [9.17, 15) is 0 Å². The molecule has 0 spiro atoms. The van der Waals surface area contributed by atoms with Gasteiger partial charge in [-0.3, -0.25) is 0 Å². The van der Waals surface area contributed by atoms with Gasteiger partial charge in [0.1, 0.15) is 18.2 Å². The summed E-state index contributed by atoms with van der Waals surface area (Å²) in [6, 6.07) is 23.2. The van der Waals surface area contributed by atoms with E-state index in [4.69, 9.17) is 9.72 Å².